The molecule has 1 aromatic carbocycles. The molecular weight excluding hydrogens is 568 g/mol. The molecule has 1 aliphatic heterocycles. The third-order valence-electron chi connectivity index (χ3n) is 8.84. The highest BCUT2D eigenvalue weighted by molar-refractivity contribution is 5.67. The second kappa shape index (κ2) is 24.1. The monoisotopic (exact) mass is 632 g/mol. The highest BCUT2D eigenvalue weighted by Gasteiger charge is 2.47. The smallest absolute Gasteiger partial charge is 0.303 e. The van der Waals surface area contributed by atoms with Crippen molar-refractivity contribution < 1.29 is 33.3 Å². The van der Waals surface area contributed by atoms with Gasteiger partial charge in [-0.25, -0.2) is 0 Å². The van der Waals surface area contributed by atoms with E-state index in [1.807, 2.05) is 13.8 Å². The van der Waals surface area contributed by atoms with E-state index in [1.165, 1.54) is 103 Å². The zero-order chi connectivity index (χ0) is 32.7. The summed E-state index contributed by atoms with van der Waals surface area (Å²) in [5.41, 5.74) is 1.26. The number of benzene rings is 1. The zero-order valence-corrected chi connectivity index (χ0v) is 29.2. The highest BCUT2D eigenvalue weighted by Crippen LogP contribution is 2.32. The molecule has 0 amide bonds. The van der Waals surface area contributed by atoms with Crippen LogP contribution < -0.4 is 4.74 Å². The second-order valence-electron chi connectivity index (χ2n) is 12.9. The van der Waals surface area contributed by atoms with Gasteiger partial charge in [0.05, 0.1) is 12.7 Å². The van der Waals surface area contributed by atoms with Crippen molar-refractivity contribution in [1.29, 1.82) is 0 Å². The van der Waals surface area contributed by atoms with Crippen molar-refractivity contribution in [2.45, 2.75) is 175 Å². The van der Waals surface area contributed by atoms with Crippen LogP contribution in [0.2, 0.25) is 0 Å². The van der Waals surface area contributed by atoms with Crippen molar-refractivity contribution >= 4 is 11.9 Å². The summed E-state index contributed by atoms with van der Waals surface area (Å²) in [6.45, 7) is 10.2. The Kier molecular flexibility index (Phi) is 20.9. The molecular formula is C38H64O7. The van der Waals surface area contributed by atoms with E-state index in [-0.39, 0.29) is 12.0 Å². The molecule has 2 rings (SSSR count). The SMILES string of the molecule is CCCCCCCCCCCCCCCCOc1ccc(CCCCOC2OC(CC)C(C)C(OC(C)=O)C2OC(C)=O)cc1. The van der Waals surface area contributed by atoms with Crippen LogP contribution in [0.3, 0.4) is 0 Å². The van der Waals surface area contributed by atoms with Gasteiger partial charge in [-0.15, -0.1) is 0 Å². The first-order valence-electron chi connectivity index (χ1n) is 18.2. The van der Waals surface area contributed by atoms with Crippen LogP contribution in [0.5, 0.6) is 5.75 Å². The molecule has 0 bridgehead atoms. The van der Waals surface area contributed by atoms with Crippen molar-refractivity contribution in [3.8, 4) is 5.75 Å². The van der Waals surface area contributed by atoms with Gasteiger partial charge in [-0.2, -0.15) is 0 Å². The average Bonchev–Trinajstić information content (AvgIpc) is 3.02. The lowest BCUT2D eigenvalue weighted by molar-refractivity contribution is -0.290. The number of carbonyl (C=O) groups excluding carboxylic acids is 2. The van der Waals surface area contributed by atoms with Gasteiger partial charge in [-0.1, -0.05) is 116 Å². The summed E-state index contributed by atoms with van der Waals surface area (Å²) >= 11 is 0. The average molecular weight is 633 g/mol. The van der Waals surface area contributed by atoms with Crippen LogP contribution in [-0.4, -0.2) is 49.8 Å². The van der Waals surface area contributed by atoms with Gasteiger partial charge in [0.1, 0.15) is 11.9 Å². The maximum Gasteiger partial charge on any atom is 0.303 e. The van der Waals surface area contributed by atoms with Crippen LogP contribution in [0.25, 0.3) is 0 Å². The summed E-state index contributed by atoms with van der Waals surface area (Å²) in [7, 11) is 0. The Bertz CT molecular complexity index is 902. The van der Waals surface area contributed by atoms with Gasteiger partial charge in [0.2, 0.25) is 0 Å². The van der Waals surface area contributed by atoms with E-state index in [0.29, 0.717) is 6.61 Å². The molecule has 45 heavy (non-hydrogen) atoms. The van der Waals surface area contributed by atoms with Crippen LogP contribution in [-0.2, 0) is 35.0 Å². The second-order valence-corrected chi connectivity index (χ2v) is 12.9. The van der Waals surface area contributed by atoms with Gasteiger partial charge in [-0.3, -0.25) is 9.59 Å². The molecule has 1 aromatic rings. The van der Waals surface area contributed by atoms with Gasteiger partial charge in [0, 0.05) is 26.4 Å². The summed E-state index contributed by atoms with van der Waals surface area (Å²) in [6, 6.07) is 8.41. The third-order valence-corrected chi connectivity index (χ3v) is 8.84. The molecule has 1 saturated heterocycles. The molecule has 1 fully saturated rings. The lowest BCUT2D eigenvalue weighted by Crippen LogP contribution is -2.57. The van der Waals surface area contributed by atoms with Gasteiger partial charge in [0.15, 0.2) is 12.4 Å². The number of esters is 2. The molecule has 0 aromatic heterocycles. The Morgan fingerprint density at radius 2 is 1.18 bits per heavy atom. The number of hydrogen-bond donors (Lipinski definition) is 0. The summed E-state index contributed by atoms with van der Waals surface area (Å²) in [5.74, 6) is -0.0479. The number of hydrogen-bond acceptors (Lipinski definition) is 7. The van der Waals surface area contributed by atoms with E-state index >= 15 is 0 Å². The zero-order valence-electron chi connectivity index (χ0n) is 29.2. The molecule has 0 N–H and O–H groups in total. The first-order chi connectivity index (χ1) is 21.8. The number of unbranched alkanes of at least 4 members (excludes halogenated alkanes) is 14. The molecule has 7 heteroatoms. The summed E-state index contributed by atoms with van der Waals surface area (Å²) < 4.78 is 29.3. The molecule has 258 valence electrons. The van der Waals surface area contributed by atoms with Gasteiger partial charge >= 0.3 is 11.9 Å². The predicted octanol–water partition coefficient (Wildman–Crippen LogP) is 9.52. The molecule has 0 radical (unpaired) electrons. The summed E-state index contributed by atoms with van der Waals surface area (Å²) in [5, 5.41) is 0. The maximum absolute atomic E-state index is 11.8. The fourth-order valence-corrected chi connectivity index (χ4v) is 6.19. The molecule has 0 saturated carbocycles. The van der Waals surface area contributed by atoms with Crippen molar-refractivity contribution in [1.82, 2.24) is 0 Å². The van der Waals surface area contributed by atoms with Crippen molar-refractivity contribution in [2.24, 2.45) is 5.92 Å². The van der Waals surface area contributed by atoms with Crippen LogP contribution in [0, 0.1) is 5.92 Å². The van der Waals surface area contributed by atoms with E-state index in [1.54, 1.807) is 0 Å². The Morgan fingerprint density at radius 3 is 1.71 bits per heavy atom. The van der Waals surface area contributed by atoms with Crippen LogP contribution in [0.15, 0.2) is 24.3 Å². The van der Waals surface area contributed by atoms with Crippen LogP contribution >= 0.6 is 0 Å². The fourth-order valence-electron chi connectivity index (χ4n) is 6.19. The summed E-state index contributed by atoms with van der Waals surface area (Å²) in [4.78, 5) is 23.6. The molecule has 1 heterocycles. The number of rotatable bonds is 25. The number of aryl methyl sites for hydroxylation is 1. The number of carbonyl (C=O) groups is 2. The normalized spacial score (nSPS) is 21.4. The maximum atomic E-state index is 11.8. The van der Waals surface area contributed by atoms with Gasteiger partial charge in [-0.05, 0) is 49.8 Å². The van der Waals surface area contributed by atoms with E-state index in [9.17, 15) is 9.59 Å². The van der Waals surface area contributed by atoms with Crippen molar-refractivity contribution in [3.63, 3.8) is 0 Å². The Hall–Kier alpha value is -2.12. The quantitative estimate of drug-likeness (QED) is 0.0784. The highest BCUT2D eigenvalue weighted by atomic mass is 16.7. The minimum Gasteiger partial charge on any atom is -0.494 e. The fraction of sp³-hybridized carbons (Fsp3) is 0.789. The lowest BCUT2D eigenvalue weighted by atomic mass is 9.89. The predicted molar refractivity (Wildman–Crippen MR) is 180 cm³/mol. The number of ether oxygens (including phenoxy) is 5. The standard InChI is InChI=1S/C38H64O7/c1-6-8-9-10-11-12-13-14-15-16-17-18-19-21-28-41-34-26-24-33(25-27-34)23-20-22-29-42-38-37(44-32(5)40)36(43-31(4)39)30(3)35(7-2)45-38/h24-27,30,35-38H,6-23,28-29H2,1-5H3. The van der Waals surface area contributed by atoms with Crippen LogP contribution in [0.4, 0.5) is 0 Å². The Balaban J connectivity index is 1.56. The Labute approximate surface area is 274 Å². The van der Waals surface area contributed by atoms with E-state index in [0.717, 1.165) is 44.5 Å². The van der Waals surface area contributed by atoms with Crippen molar-refractivity contribution in [3.05, 3.63) is 29.8 Å². The van der Waals surface area contributed by atoms with Gasteiger partial charge in [0.25, 0.3) is 0 Å². The van der Waals surface area contributed by atoms with Crippen molar-refractivity contribution in [2.75, 3.05) is 13.2 Å². The van der Waals surface area contributed by atoms with Crippen LogP contribution in [0.1, 0.15) is 149 Å². The van der Waals surface area contributed by atoms with E-state index in [2.05, 4.69) is 31.2 Å². The molecule has 7 nitrogen and oxygen atoms in total. The summed E-state index contributed by atoms with van der Waals surface area (Å²) in [6.07, 6.45) is 20.2. The first-order valence-corrected chi connectivity index (χ1v) is 18.2. The largest absolute Gasteiger partial charge is 0.494 e. The van der Waals surface area contributed by atoms with Gasteiger partial charge < -0.3 is 23.7 Å². The first kappa shape index (κ1) is 39.1. The third kappa shape index (κ3) is 16.8. The molecule has 1 aliphatic rings. The minimum atomic E-state index is -0.790. The molecule has 5 atom stereocenters. The molecule has 0 spiro atoms. The topological polar surface area (TPSA) is 80.3 Å². The van der Waals surface area contributed by atoms with E-state index < -0.39 is 30.4 Å². The Morgan fingerprint density at radius 1 is 0.667 bits per heavy atom. The molecule has 0 aliphatic carbocycles. The lowest BCUT2D eigenvalue weighted by Gasteiger charge is -2.43. The van der Waals surface area contributed by atoms with E-state index in [4.69, 9.17) is 23.7 Å². The molecule has 5 unspecified atom stereocenters. The minimum absolute atomic E-state index is 0.116.